The first-order valence-corrected chi connectivity index (χ1v) is 4.46. The van der Waals surface area contributed by atoms with E-state index >= 15 is 0 Å². The lowest BCUT2D eigenvalue weighted by molar-refractivity contribution is 0.0758. The smallest absolute Gasteiger partial charge is 0.195 e. The molecule has 1 rings (SSSR count). The van der Waals surface area contributed by atoms with Gasteiger partial charge in [0.25, 0.3) is 0 Å². The fraction of sp³-hybridized carbons (Fsp3) is 0.300. The highest BCUT2D eigenvalue weighted by molar-refractivity contribution is 5.99. The minimum atomic E-state index is -1.54. The van der Waals surface area contributed by atoms with Crippen LogP contribution in [0.3, 0.4) is 0 Å². The van der Waals surface area contributed by atoms with Gasteiger partial charge in [-0.1, -0.05) is 0 Å². The van der Waals surface area contributed by atoms with E-state index in [-0.39, 0.29) is 12.3 Å². The maximum atomic E-state index is 13.3. The Labute approximate surface area is 90.6 Å². The van der Waals surface area contributed by atoms with E-state index in [0.717, 1.165) is 6.07 Å². The Morgan fingerprint density at radius 1 is 1.50 bits per heavy atom. The van der Waals surface area contributed by atoms with E-state index in [1.807, 2.05) is 0 Å². The van der Waals surface area contributed by atoms with Crippen LogP contribution in [0.25, 0.3) is 0 Å². The highest BCUT2D eigenvalue weighted by Gasteiger charge is 2.21. The molecule has 88 valence electrons. The number of ketones is 1. The van der Waals surface area contributed by atoms with Crippen molar-refractivity contribution in [2.45, 2.75) is 6.10 Å². The molecule has 0 aliphatic rings. The SMILES string of the molecule is COc1cc(F)c(C(=O)C(O)CN)cc1F. The average molecular weight is 231 g/mol. The molecule has 0 radical (unpaired) electrons. The molecule has 16 heavy (non-hydrogen) atoms. The first-order valence-electron chi connectivity index (χ1n) is 4.46. The van der Waals surface area contributed by atoms with Crippen molar-refractivity contribution in [3.63, 3.8) is 0 Å². The van der Waals surface area contributed by atoms with Crippen LogP contribution in [-0.4, -0.2) is 30.6 Å². The van der Waals surface area contributed by atoms with Crippen LogP contribution in [0, 0.1) is 11.6 Å². The normalized spacial score (nSPS) is 12.3. The third-order valence-corrected chi connectivity index (χ3v) is 2.03. The van der Waals surface area contributed by atoms with Gasteiger partial charge in [0, 0.05) is 12.6 Å². The lowest BCUT2D eigenvalue weighted by Crippen LogP contribution is -2.29. The van der Waals surface area contributed by atoms with Gasteiger partial charge in [-0.05, 0) is 6.07 Å². The number of ether oxygens (including phenoxy) is 1. The summed E-state index contributed by atoms with van der Waals surface area (Å²) in [4.78, 5) is 11.4. The monoisotopic (exact) mass is 231 g/mol. The van der Waals surface area contributed by atoms with Gasteiger partial charge in [-0.3, -0.25) is 4.79 Å². The lowest BCUT2D eigenvalue weighted by Gasteiger charge is -2.09. The van der Waals surface area contributed by atoms with Crippen molar-refractivity contribution in [3.05, 3.63) is 29.3 Å². The molecule has 1 atom stereocenters. The molecule has 0 amide bonds. The zero-order chi connectivity index (χ0) is 12.3. The van der Waals surface area contributed by atoms with Crippen LogP contribution in [-0.2, 0) is 0 Å². The minimum absolute atomic E-state index is 0.309. The van der Waals surface area contributed by atoms with Crippen molar-refractivity contribution >= 4 is 5.78 Å². The number of halogens is 2. The highest BCUT2D eigenvalue weighted by Crippen LogP contribution is 2.22. The van der Waals surface area contributed by atoms with Crippen molar-refractivity contribution in [1.29, 1.82) is 0 Å². The predicted octanol–water partition coefficient (Wildman–Crippen LogP) is 0.476. The number of aliphatic hydroxyl groups excluding tert-OH is 1. The van der Waals surface area contributed by atoms with Crippen molar-refractivity contribution in [1.82, 2.24) is 0 Å². The summed E-state index contributed by atoms with van der Waals surface area (Å²) >= 11 is 0. The second-order valence-electron chi connectivity index (χ2n) is 3.08. The van der Waals surface area contributed by atoms with Crippen molar-refractivity contribution < 1.29 is 23.4 Å². The van der Waals surface area contributed by atoms with E-state index in [4.69, 9.17) is 10.8 Å². The van der Waals surface area contributed by atoms with E-state index in [1.54, 1.807) is 0 Å². The average Bonchev–Trinajstić information content (AvgIpc) is 2.29. The Bertz CT molecular complexity index is 409. The van der Waals surface area contributed by atoms with Gasteiger partial charge in [-0.2, -0.15) is 0 Å². The molecular weight excluding hydrogens is 220 g/mol. The molecule has 0 fully saturated rings. The molecule has 1 aromatic rings. The molecule has 0 aliphatic heterocycles. The number of Topliss-reactive ketones (excluding diaryl/α,β-unsaturated/α-hetero) is 1. The van der Waals surface area contributed by atoms with E-state index < -0.39 is 29.1 Å². The van der Waals surface area contributed by atoms with Gasteiger partial charge in [0.05, 0.1) is 12.7 Å². The molecule has 6 heteroatoms. The summed E-state index contributed by atoms with van der Waals surface area (Å²) in [5.41, 5.74) is 4.50. The second kappa shape index (κ2) is 5.00. The fourth-order valence-electron chi connectivity index (χ4n) is 1.16. The van der Waals surface area contributed by atoms with Gasteiger partial charge in [0.1, 0.15) is 11.9 Å². The molecule has 1 aromatic carbocycles. The molecular formula is C10H11F2NO3. The number of hydrogen-bond donors (Lipinski definition) is 2. The van der Waals surface area contributed by atoms with E-state index in [9.17, 15) is 13.6 Å². The molecule has 0 saturated heterocycles. The zero-order valence-electron chi connectivity index (χ0n) is 8.54. The topological polar surface area (TPSA) is 72.5 Å². The Hall–Kier alpha value is -1.53. The number of carbonyl (C=O) groups excluding carboxylic acids is 1. The second-order valence-corrected chi connectivity index (χ2v) is 3.08. The third-order valence-electron chi connectivity index (χ3n) is 2.03. The van der Waals surface area contributed by atoms with Crippen molar-refractivity contribution in [3.8, 4) is 5.75 Å². The maximum Gasteiger partial charge on any atom is 0.195 e. The molecule has 1 unspecified atom stereocenters. The van der Waals surface area contributed by atoms with Crippen molar-refractivity contribution in [2.75, 3.05) is 13.7 Å². The number of carbonyl (C=O) groups is 1. The van der Waals surface area contributed by atoms with Crippen LogP contribution in [0.4, 0.5) is 8.78 Å². The summed E-state index contributed by atoms with van der Waals surface area (Å²) in [6, 6.07) is 1.42. The van der Waals surface area contributed by atoms with Crippen LogP contribution >= 0.6 is 0 Å². The van der Waals surface area contributed by atoms with Gasteiger partial charge in [0.15, 0.2) is 17.3 Å². The first-order chi connectivity index (χ1) is 7.51. The minimum Gasteiger partial charge on any atom is -0.494 e. The number of methoxy groups -OCH3 is 1. The van der Waals surface area contributed by atoms with Crippen LogP contribution in [0.1, 0.15) is 10.4 Å². The lowest BCUT2D eigenvalue weighted by atomic mass is 10.1. The number of benzene rings is 1. The molecule has 0 aromatic heterocycles. The van der Waals surface area contributed by atoms with Gasteiger partial charge in [-0.25, -0.2) is 8.78 Å². The molecule has 0 spiro atoms. The van der Waals surface area contributed by atoms with E-state index in [1.165, 1.54) is 7.11 Å². The number of hydrogen-bond acceptors (Lipinski definition) is 4. The van der Waals surface area contributed by atoms with Crippen LogP contribution in [0.15, 0.2) is 12.1 Å². The Morgan fingerprint density at radius 3 is 2.62 bits per heavy atom. The van der Waals surface area contributed by atoms with Crippen molar-refractivity contribution in [2.24, 2.45) is 5.73 Å². The highest BCUT2D eigenvalue weighted by atomic mass is 19.1. The summed E-state index contributed by atoms with van der Waals surface area (Å²) in [6.07, 6.45) is -1.54. The Balaban J connectivity index is 3.16. The van der Waals surface area contributed by atoms with Crippen LogP contribution < -0.4 is 10.5 Å². The number of aliphatic hydroxyl groups is 1. The number of rotatable bonds is 4. The fourth-order valence-corrected chi connectivity index (χ4v) is 1.16. The summed E-state index contributed by atoms with van der Waals surface area (Å²) in [5, 5.41) is 9.13. The summed E-state index contributed by atoms with van der Waals surface area (Å²) in [6.45, 7) is -0.355. The number of nitrogens with two attached hydrogens (primary N) is 1. The maximum absolute atomic E-state index is 13.3. The molecule has 4 nitrogen and oxygen atoms in total. The molecule has 0 heterocycles. The van der Waals surface area contributed by atoms with Gasteiger partial charge >= 0.3 is 0 Å². The summed E-state index contributed by atoms with van der Waals surface area (Å²) in [7, 11) is 1.17. The summed E-state index contributed by atoms with van der Waals surface area (Å²) in [5.74, 6) is -3.11. The van der Waals surface area contributed by atoms with Gasteiger partial charge < -0.3 is 15.6 Å². The van der Waals surface area contributed by atoms with Crippen LogP contribution in [0.5, 0.6) is 5.75 Å². The predicted molar refractivity (Wildman–Crippen MR) is 52.3 cm³/mol. The third kappa shape index (κ3) is 2.34. The van der Waals surface area contributed by atoms with E-state index in [0.29, 0.717) is 6.07 Å². The largest absolute Gasteiger partial charge is 0.494 e. The first kappa shape index (κ1) is 12.5. The Morgan fingerprint density at radius 2 is 2.12 bits per heavy atom. The zero-order valence-corrected chi connectivity index (χ0v) is 8.54. The summed E-state index contributed by atoms with van der Waals surface area (Å²) < 4.78 is 31.1. The van der Waals surface area contributed by atoms with Gasteiger partial charge in [-0.15, -0.1) is 0 Å². The molecule has 0 bridgehead atoms. The van der Waals surface area contributed by atoms with Crippen LogP contribution in [0.2, 0.25) is 0 Å². The molecule has 0 saturated carbocycles. The van der Waals surface area contributed by atoms with E-state index in [2.05, 4.69) is 4.74 Å². The molecule has 0 aliphatic carbocycles. The standard InChI is InChI=1S/C10H11F2NO3/c1-16-9-3-6(11)5(2-7(9)12)10(15)8(14)4-13/h2-3,8,14H,4,13H2,1H3. The molecule has 3 N–H and O–H groups in total. The van der Waals surface area contributed by atoms with Gasteiger partial charge in [0.2, 0.25) is 0 Å². The Kier molecular flexibility index (Phi) is 3.92. The quantitative estimate of drug-likeness (QED) is 0.739.